The second-order valence-corrected chi connectivity index (χ2v) is 12.8. The summed E-state index contributed by atoms with van der Waals surface area (Å²) in [6.07, 6.45) is 13.1. The Morgan fingerprint density at radius 2 is 1.53 bits per heavy atom. The number of carbonyl (C=O) groups excluding carboxylic acids is 1. The molecular formula is C36H49Cl2N3O4. The van der Waals surface area contributed by atoms with Crippen molar-refractivity contribution in [2.45, 2.75) is 90.7 Å². The van der Waals surface area contributed by atoms with Gasteiger partial charge in [-0.25, -0.2) is 0 Å². The Kier molecular flexibility index (Phi) is 14.9. The molecule has 1 saturated heterocycles. The first-order chi connectivity index (χ1) is 22.0. The van der Waals surface area contributed by atoms with Crippen LogP contribution in [0.5, 0.6) is 5.75 Å². The van der Waals surface area contributed by atoms with Crippen LogP contribution in [0.1, 0.15) is 84.0 Å². The zero-order valence-corrected chi connectivity index (χ0v) is 28.3. The number of rotatable bonds is 19. The van der Waals surface area contributed by atoms with Crippen molar-refractivity contribution in [2.75, 3.05) is 44.2 Å². The third-order valence-corrected chi connectivity index (χ3v) is 9.39. The van der Waals surface area contributed by atoms with E-state index in [4.69, 9.17) is 32.7 Å². The standard InChI is InChI=1S/C36H49Cl2N3O4/c1-2-3-4-5-6-7-8-9-10-16-35(43)45-28-41-33-27-30(19-17-29(33)18-20-34(41)42)44-26-12-11-21-39-22-24-40(25-23-39)32-15-13-14-31(37)36(32)38/h13-15,17-20,27H,2-12,16,21-26,28H2,1H3. The molecule has 0 unspecified atom stereocenters. The summed E-state index contributed by atoms with van der Waals surface area (Å²) >= 11 is 12.6. The third-order valence-electron chi connectivity index (χ3n) is 8.58. The summed E-state index contributed by atoms with van der Waals surface area (Å²) in [5.74, 6) is 0.443. The number of hydrogen-bond acceptors (Lipinski definition) is 6. The SMILES string of the molecule is CCCCCCCCCCCC(=O)OCn1c(=O)ccc2ccc(OCCCCN3CCN(c4cccc(Cl)c4Cl)CC3)cc21. The molecule has 0 aliphatic carbocycles. The zero-order valence-electron chi connectivity index (χ0n) is 26.8. The fraction of sp³-hybridized carbons (Fsp3) is 0.556. The van der Waals surface area contributed by atoms with Crippen LogP contribution >= 0.6 is 23.2 Å². The summed E-state index contributed by atoms with van der Waals surface area (Å²) in [6.45, 7) is 7.55. The smallest absolute Gasteiger partial charge is 0.307 e. The summed E-state index contributed by atoms with van der Waals surface area (Å²) < 4.78 is 13.1. The van der Waals surface area contributed by atoms with Gasteiger partial charge in [0.25, 0.3) is 5.56 Å². The highest BCUT2D eigenvalue weighted by atomic mass is 35.5. The van der Waals surface area contributed by atoms with Crippen LogP contribution in [0.4, 0.5) is 5.69 Å². The van der Waals surface area contributed by atoms with Crippen molar-refractivity contribution >= 4 is 45.8 Å². The maximum absolute atomic E-state index is 12.7. The number of hydrogen-bond donors (Lipinski definition) is 0. The number of anilines is 1. The van der Waals surface area contributed by atoms with Crippen LogP contribution < -0.4 is 15.2 Å². The molecule has 9 heteroatoms. The number of benzene rings is 2. The Balaban J connectivity index is 1.15. The van der Waals surface area contributed by atoms with Crippen LogP contribution in [-0.2, 0) is 16.3 Å². The number of esters is 1. The lowest BCUT2D eigenvalue weighted by Crippen LogP contribution is -2.46. The number of nitrogens with zero attached hydrogens (tertiary/aromatic N) is 3. The van der Waals surface area contributed by atoms with E-state index in [1.807, 2.05) is 36.4 Å². The molecule has 1 aromatic heterocycles. The van der Waals surface area contributed by atoms with Gasteiger partial charge in [0.1, 0.15) is 5.75 Å². The van der Waals surface area contributed by atoms with E-state index in [1.54, 1.807) is 6.07 Å². The fourth-order valence-electron chi connectivity index (χ4n) is 5.86. The maximum Gasteiger partial charge on any atom is 0.307 e. The highest BCUT2D eigenvalue weighted by Gasteiger charge is 2.19. The van der Waals surface area contributed by atoms with Gasteiger partial charge in [-0.15, -0.1) is 0 Å². The lowest BCUT2D eigenvalue weighted by Gasteiger charge is -2.36. The van der Waals surface area contributed by atoms with E-state index in [0.29, 0.717) is 34.3 Å². The van der Waals surface area contributed by atoms with Gasteiger partial charge in [0, 0.05) is 44.7 Å². The van der Waals surface area contributed by atoms with Gasteiger partial charge in [-0.1, -0.05) is 87.6 Å². The van der Waals surface area contributed by atoms with Crippen LogP contribution in [0.15, 0.2) is 53.3 Å². The van der Waals surface area contributed by atoms with Crippen LogP contribution in [0.2, 0.25) is 10.0 Å². The largest absolute Gasteiger partial charge is 0.494 e. The average molecular weight is 659 g/mol. The van der Waals surface area contributed by atoms with Crippen molar-refractivity contribution in [3.05, 3.63) is 68.9 Å². The number of aromatic nitrogens is 1. The molecule has 0 spiro atoms. The predicted molar refractivity (Wildman–Crippen MR) is 186 cm³/mol. The van der Waals surface area contributed by atoms with Crippen molar-refractivity contribution in [2.24, 2.45) is 0 Å². The number of fused-ring (bicyclic) bond motifs is 1. The van der Waals surface area contributed by atoms with Gasteiger partial charge in [-0.3, -0.25) is 19.1 Å². The van der Waals surface area contributed by atoms with Gasteiger partial charge >= 0.3 is 5.97 Å². The Morgan fingerprint density at radius 1 is 0.822 bits per heavy atom. The third kappa shape index (κ3) is 11.2. The topological polar surface area (TPSA) is 64.0 Å². The molecule has 0 saturated carbocycles. The molecule has 246 valence electrons. The van der Waals surface area contributed by atoms with E-state index in [1.165, 1.54) is 49.2 Å². The molecule has 3 aromatic rings. The molecule has 1 fully saturated rings. The van der Waals surface area contributed by atoms with E-state index in [-0.39, 0.29) is 18.3 Å². The number of unbranched alkanes of at least 4 members (excludes halogenated alkanes) is 9. The first-order valence-electron chi connectivity index (χ1n) is 16.8. The number of halogens is 2. The quantitative estimate of drug-likeness (QED) is 0.0949. The van der Waals surface area contributed by atoms with E-state index < -0.39 is 0 Å². The molecule has 0 N–H and O–H groups in total. The summed E-state index contributed by atoms with van der Waals surface area (Å²) in [6, 6.07) is 14.8. The van der Waals surface area contributed by atoms with Gasteiger partial charge in [0.2, 0.25) is 0 Å². The molecule has 0 bridgehead atoms. The van der Waals surface area contributed by atoms with Gasteiger partial charge in [0.05, 0.1) is 27.9 Å². The number of ether oxygens (including phenoxy) is 2. The first-order valence-corrected chi connectivity index (χ1v) is 17.5. The molecule has 2 aromatic carbocycles. The molecular weight excluding hydrogens is 609 g/mol. The van der Waals surface area contributed by atoms with E-state index in [9.17, 15) is 9.59 Å². The summed E-state index contributed by atoms with van der Waals surface area (Å²) in [4.78, 5) is 29.8. The van der Waals surface area contributed by atoms with Gasteiger partial charge in [-0.05, 0) is 61.5 Å². The second kappa shape index (κ2) is 19.0. The monoisotopic (exact) mass is 657 g/mol. The van der Waals surface area contributed by atoms with Crippen molar-refractivity contribution in [1.29, 1.82) is 0 Å². The van der Waals surface area contributed by atoms with Gasteiger partial charge in [-0.2, -0.15) is 0 Å². The molecule has 7 nitrogen and oxygen atoms in total. The predicted octanol–water partition coefficient (Wildman–Crippen LogP) is 8.71. The molecule has 4 rings (SSSR count). The number of pyridine rings is 1. The number of piperazine rings is 1. The summed E-state index contributed by atoms with van der Waals surface area (Å²) in [5, 5.41) is 2.12. The van der Waals surface area contributed by atoms with Gasteiger partial charge < -0.3 is 14.4 Å². The maximum atomic E-state index is 12.7. The average Bonchev–Trinajstić information content (AvgIpc) is 3.05. The van der Waals surface area contributed by atoms with E-state index >= 15 is 0 Å². The minimum Gasteiger partial charge on any atom is -0.494 e. The van der Waals surface area contributed by atoms with Crippen molar-refractivity contribution in [3.63, 3.8) is 0 Å². The highest BCUT2D eigenvalue weighted by molar-refractivity contribution is 6.43. The molecule has 2 heterocycles. The molecule has 1 aliphatic rings. The lowest BCUT2D eigenvalue weighted by atomic mass is 10.1. The first kappa shape index (κ1) is 35.1. The van der Waals surface area contributed by atoms with Crippen LogP contribution in [0.25, 0.3) is 10.9 Å². The fourth-order valence-corrected chi connectivity index (χ4v) is 6.27. The second-order valence-electron chi connectivity index (χ2n) is 12.0. The van der Waals surface area contributed by atoms with Crippen molar-refractivity contribution in [1.82, 2.24) is 9.47 Å². The molecule has 0 amide bonds. The summed E-state index contributed by atoms with van der Waals surface area (Å²) in [5.41, 5.74) is 1.51. The zero-order chi connectivity index (χ0) is 31.9. The lowest BCUT2D eigenvalue weighted by molar-refractivity contribution is -0.147. The van der Waals surface area contributed by atoms with Crippen molar-refractivity contribution in [3.8, 4) is 5.75 Å². The normalized spacial score (nSPS) is 13.8. The summed E-state index contributed by atoms with van der Waals surface area (Å²) in [7, 11) is 0. The Bertz CT molecular complexity index is 1400. The van der Waals surface area contributed by atoms with E-state index in [2.05, 4.69) is 16.7 Å². The minimum atomic E-state index is -0.260. The molecule has 0 atom stereocenters. The molecule has 0 radical (unpaired) electrons. The van der Waals surface area contributed by atoms with Gasteiger partial charge in [0.15, 0.2) is 6.73 Å². The van der Waals surface area contributed by atoms with Crippen LogP contribution in [-0.4, -0.2) is 54.8 Å². The Labute approximate surface area is 278 Å². The molecule has 1 aliphatic heterocycles. The Morgan fingerprint density at radius 3 is 2.29 bits per heavy atom. The van der Waals surface area contributed by atoms with Crippen molar-refractivity contribution < 1.29 is 14.3 Å². The van der Waals surface area contributed by atoms with Crippen LogP contribution in [0, 0.1) is 0 Å². The van der Waals surface area contributed by atoms with E-state index in [0.717, 1.165) is 75.9 Å². The Hall–Kier alpha value is -2.74. The number of carbonyl (C=O) groups is 1. The minimum absolute atomic E-state index is 0.0906. The van der Waals surface area contributed by atoms with Crippen LogP contribution in [0.3, 0.4) is 0 Å². The highest BCUT2D eigenvalue weighted by Crippen LogP contribution is 2.33. The molecule has 45 heavy (non-hydrogen) atoms.